The van der Waals surface area contributed by atoms with Gasteiger partial charge in [0.05, 0.1) is 13.2 Å². The number of rotatable bonds is 6. The number of carbonyl (C=O) groups excluding carboxylic acids is 2. The smallest absolute Gasteiger partial charge is 0.342 e. The van der Waals surface area contributed by atoms with Crippen LogP contribution in [0.25, 0.3) is 0 Å². The van der Waals surface area contributed by atoms with E-state index in [9.17, 15) is 9.59 Å². The molecule has 0 aliphatic carbocycles. The van der Waals surface area contributed by atoms with E-state index in [1.54, 1.807) is 13.8 Å². The van der Waals surface area contributed by atoms with Crippen molar-refractivity contribution in [2.75, 3.05) is 13.2 Å². The van der Waals surface area contributed by atoms with E-state index in [4.69, 9.17) is 9.47 Å². The maximum Gasteiger partial charge on any atom is 0.342 e. The molecule has 1 aromatic heterocycles. The lowest BCUT2D eigenvalue weighted by Gasteiger charge is -2.09. The minimum atomic E-state index is -1.24. The highest BCUT2D eigenvalue weighted by Gasteiger charge is 2.28. The Kier molecular flexibility index (Phi) is 6.07. The van der Waals surface area contributed by atoms with Crippen molar-refractivity contribution in [3.63, 3.8) is 0 Å². The summed E-state index contributed by atoms with van der Waals surface area (Å²) in [4.78, 5) is 28.0. The highest BCUT2D eigenvalue weighted by molar-refractivity contribution is 7.11. The molecule has 0 aliphatic heterocycles. The summed E-state index contributed by atoms with van der Waals surface area (Å²) in [6.07, 6.45) is 1.48. The van der Waals surface area contributed by atoms with Gasteiger partial charge in [-0.3, -0.25) is 4.99 Å². The van der Waals surface area contributed by atoms with Gasteiger partial charge in [0.15, 0.2) is 0 Å². The fraction of sp³-hybridized carbons (Fsp3) is 0.417. The third kappa shape index (κ3) is 4.29. The van der Waals surface area contributed by atoms with Gasteiger partial charge in [-0.1, -0.05) is 6.07 Å². The molecule has 0 spiro atoms. The Bertz CT molecular complexity index is 396. The average molecular weight is 269 g/mol. The average Bonchev–Trinajstić information content (AvgIpc) is 2.83. The van der Waals surface area contributed by atoms with Gasteiger partial charge in [0.2, 0.25) is 6.04 Å². The zero-order valence-electron chi connectivity index (χ0n) is 10.3. The van der Waals surface area contributed by atoms with Gasteiger partial charge in [0, 0.05) is 11.1 Å². The van der Waals surface area contributed by atoms with Crippen molar-refractivity contribution in [1.82, 2.24) is 0 Å². The standard InChI is InChI=1S/C12H15NO4S/c1-3-16-11(14)10(12(15)17-4-2)13-8-9-6-5-7-18-9/h5-8,10H,3-4H2,1-2H3. The molecule has 0 amide bonds. The first-order valence-corrected chi connectivity index (χ1v) is 6.47. The summed E-state index contributed by atoms with van der Waals surface area (Å²) in [5.41, 5.74) is 0. The van der Waals surface area contributed by atoms with Crippen LogP contribution >= 0.6 is 11.3 Å². The number of esters is 2. The van der Waals surface area contributed by atoms with Gasteiger partial charge >= 0.3 is 11.9 Å². The Morgan fingerprint density at radius 2 is 1.94 bits per heavy atom. The lowest BCUT2D eigenvalue weighted by atomic mass is 10.3. The zero-order valence-corrected chi connectivity index (χ0v) is 11.1. The number of hydrogen-bond donors (Lipinski definition) is 0. The Morgan fingerprint density at radius 3 is 2.39 bits per heavy atom. The van der Waals surface area contributed by atoms with Crippen molar-refractivity contribution < 1.29 is 19.1 Å². The maximum atomic E-state index is 11.6. The highest BCUT2D eigenvalue weighted by atomic mass is 32.1. The largest absolute Gasteiger partial charge is 0.464 e. The molecule has 98 valence electrons. The summed E-state index contributed by atoms with van der Waals surface area (Å²) in [7, 11) is 0. The van der Waals surface area contributed by atoms with Gasteiger partial charge in [-0.05, 0) is 25.3 Å². The Morgan fingerprint density at radius 1 is 1.33 bits per heavy atom. The second-order valence-electron chi connectivity index (χ2n) is 3.20. The van der Waals surface area contributed by atoms with E-state index in [0.29, 0.717) is 0 Å². The highest BCUT2D eigenvalue weighted by Crippen LogP contribution is 2.07. The molecule has 0 unspecified atom stereocenters. The van der Waals surface area contributed by atoms with Crippen LogP contribution in [0, 0.1) is 0 Å². The van der Waals surface area contributed by atoms with E-state index < -0.39 is 18.0 Å². The van der Waals surface area contributed by atoms with Crippen molar-refractivity contribution in [2.45, 2.75) is 19.9 Å². The molecule has 1 rings (SSSR count). The zero-order chi connectivity index (χ0) is 13.4. The van der Waals surface area contributed by atoms with E-state index in [1.807, 2.05) is 17.5 Å². The molecule has 0 saturated carbocycles. The monoisotopic (exact) mass is 269 g/mol. The fourth-order valence-corrected chi connectivity index (χ4v) is 1.77. The van der Waals surface area contributed by atoms with Crippen LogP contribution in [-0.2, 0) is 19.1 Å². The van der Waals surface area contributed by atoms with Gasteiger partial charge in [0.25, 0.3) is 0 Å². The van der Waals surface area contributed by atoms with E-state index in [2.05, 4.69) is 4.99 Å². The molecule has 0 N–H and O–H groups in total. The van der Waals surface area contributed by atoms with Crippen molar-refractivity contribution in [3.05, 3.63) is 22.4 Å². The van der Waals surface area contributed by atoms with Crippen molar-refractivity contribution in [3.8, 4) is 0 Å². The van der Waals surface area contributed by atoms with Gasteiger partial charge < -0.3 is 9.47 Å². The number of ether oxygens (including phenoxy) is 2. The molecule has 6 heteroatoms. The molecule has 0 saturated heterocycles. The van der Waals surface area contributed by atoms with Crippen LogP contribution in [0.2, 0.25) is 0 Å². The lowest BCUT2D eigenvalue weighted by molar-refractivity contribution is -0.156. The summed E-state index contributed by atoms with van der Waals surface area (Å²) in [6, 6.07) is 2.45. The predicted molar refractivity (Wildman–Crippen MR) is 69.0 cm³/mol. The molecule has 18 heavy (non-hydrogen) atoms. The second kappa shape index (κ2) is 7.60. The first kappa shape index (κ1) is 14.4. The van der Waals surface area contributed by atoms with E-state index in [0.717, 1.165) is 4.88 Å². The molecule has 0 radical (unpaired) electrons. The summed E-state index contributed by atoms with van der Waals surface area (Å²) >= 11 is 1.46. The normalized spacial score (nSPS) is 10.8. The molecule has 0 aromatic carbocycles. The first-order valence-electron chi connectivity index (χ1n) is 5.59. The quantitative estimate of drug-likeness (QED) is 0.447. The minimum absolute atomic E-state index is 0.198. The van der Waals surface area contributed by atoms with E-state index in [1.165, 1.54) is 17.6 Å². The lowest BCUT2D eigenvalue weighted by Crippen LogP contribution is -2.32. The number of carbonyl (C=O) groups is 2. The third-order valence-electron chi connectivity index (χ3n) is 1.91. The van der Waals surface area contributed by atoms with Crippen LogP contribution in [0.3, 0.4) is 0 Å². The number of nitrogens with zero attached hydrogens (tertiary/aromatic N) is 1. The topological polar surface area (TPSA) is 65.0 Å². The molecule has 5 nitrogen and oxygen atoms in total. The SMILES string of the molecule is CCOC(=O)C(N=Cc1cccs1)C(=O)OCC. The minimum Gasteiger partial charge on any atom is -0.464 e. The fourth-order valence-electron chi connectivity index (χ4n) is 1.17. The van der Waals surface area contributed by atoms with Gasteiger partial charge in [-0.2, -0.15) is 0 Å². The van der Waals surface area contributed by atoms with E-state index in [-0.39, 0.29) is 13.2 Å². The molecule has 1 aromatic rings. The van der Waals surface area contributed by atoms with Crippen molar-refractivity contribution >= 4 is 29.5 Å². The maximum absolute atomic E-state index is 11.6. The summed E-state index contributed by atoms with van der Waals surface area (Å²) in [5.74, 6) is -1.38. The Hall–Kier alpha value is -1.69. The van der Waals surface area contributed by atoms with Gasteiger partial charge in [-0.15, -0.1) is 11.3 Å². The molecule has 0 atom stereocenters. The predicted octanol–water partition coefficient (Wildman–Crippen LogP) is 1.66. The first-order chi connectivity index (χ1) is 8.69. The summed E-state index contributed by atoms with van der Waals surface area (Å²) in [5, 5.41) is 1.88. The Balaban J connectivity index is 2.77. The van der Waals surface area contributed by atoms with Crippen LogP contribution in [-0.4, -0.2) is 37.4 Å². The van der Waals surface area contributed by atoms with Crippen LogP contribution in [0.1, 0.15) is 18.7 Å². The second-order valence-corrected chi connectivity index (χ2v) is 4.18. The summed E-state index contributed by atoms with van der Waals surface area (Å²) in [6.45, 7) is 3.73. The van der Waals surface area contributed by atoms with Crippen LogP contribution in [0.15, 0.2) is 22.5 Å². The van der Waals surface area contributed by atoms with E-state index >= 15 is 0 Å². The Labute approximate surface area is 109 Å². The van der Waals surface area contributed by atoms with Gasteiger partial charge in [-0.25, -0.2) is 9.59 Å². The number of aliphatic imine (C=N–C) groups is 1. The molecule has 0 fully saturated rings. The number of hydrogen-bond acceptors (Lipinski definition) is 6. The molecule has 1 heterocycles. The van der Waals surface area contributed by atoms with Crippen molar-refractivity contribution in [1.29, 1.82) is 0 Å². The van der Waals surface area contributed by atoms with Crippen LogP contribution < -0.4 is 0 Å². The molecular formula is C12H15NO4S. The van der Waals surface area contributed by atoms with Crippen LogP contribution in [0.4, 0.5) is 0 Å². The molecule has 0 aliphatic rings. The summed E-state index contributed by atoms with van der Waals surface area (Å²) < 4.78 is 9.58. The number of thiophene rings is 1. The van der Waals surface area contributed by atoms with Crippen molar-refractivity contribution in [2.24, 2.45) is 4.99 Å². The molecule has 0 bridgehead atoms. The molecular weight excluding hydrogens is 254 g/mol. The van der Waals surface area contributed by atoms with Gasteiger partial charge in [0.1, 0.15) is 0 Å². The third-order valence-corrected chi connectivity index (χ3v) is 2.72. The van der Waals surface area contributed by atoms with Crippen LogP contribution in [0.5, 0.6) is 0 Å².